The van der Waals surface area contributed by atoms with Crippen LogP contribution >= 0.6 is 11.3 Å². The molecule has 0 aliphatic rings. The number of rotatable bonds is 9. The Morgan fingerprint density at radius 1 is 1.33 bits per heavy atom. The van der Waals surface area contributed by atoms with Crippen molar-refractivity contribution in [2.24, 2.45) is 0 Å². The van der Waals surface area contributed by atoms with Crippen molar-refractivity contribution in [3.8, 4) is 0 Å². The fourth-order valence-electron chi connectivity index (χ4n) is 2.39. The van der Waals surface area contributed by atoms with Crippen LogP contribution in [0, 0.1) is 6.92 Å². The normalized spacial score (nSPS) is 11.7. The number of aromatic nitrogens is 1. The number of benzene rings is 1. The Kier molecular flexibility index (Phi) is 7.69. The van der Waals surface area contributed by atoms with Crippen LogP contribution < -0.4 is 4.90 Å². The zero-order valence-corrected chi connectivity index (χ0v) is 16.6. The molecule has 0 N–H and O–H groups in total. The highest BCUT2D eigenvalue weighted by Gasteiger charge is 2.27. The van der Waals surface area contributed by atoms with Crippen molar-refractivity contribution in [3.63, 3.8) is 0 Å². The predicted molar refractivity (Wildman–Crippen MR) is 106 cm³/mol. The second kappa shape index (κ2) is 9.99. The molecule has 1 atom stereocenters. The molecule has 144 valence electrons. The Morgan fingerprint density at radius 3 is 2.67 bits per heavy atom. The molecule has 0 fully saturated rings. The third-order valence-electron chi connectivity index (χ3n) is 3.74. The van der Waals surface area contributed by atoms with Gasteiger partial charge in [0.2, 0.25) is 0 Å². The molecule has 1 heterocycles. The molecule has 7 heteroatoms. The second-order valence-corrected chi connectivity index (χ2v) is 6.78. The summed E-state index contributed by atoms with van der Waals surface area (Å²) in [5.41, 5.74) is 1.49. The van der Waals surface area contributed by atoms with Crippen molar-refractivity contribution in [2.45, 2.75) is 33.4 Å². The van der Waals surface area contributed by atoms with Crippen molar-refractivity contribution in [1.82, 2.24) is 4.98 Å². The van der Waals surface area contributed by atoms with Crippen LogP contribution in [-0.4, -0.2) is 36.2 Å². The SMILES string of the molecule is C=CCOC(C)C(=O)N(Cc1ccccc1)c1nc(C)c(C(=O)OCC)s1. The fraction of sp³-hybridized carbons (Fsp3) is 0.350. The van der Waals surface area contributed by atoms with Crippen LogP contribution in [0.3, 0.4) is 0 Å². The number of ether oxygens (including phenoxy) is 2. The van der Waals surface area contributed by atoms with Crippen molar-refractivity contribution in [1.29, 1.82) is 0 Å². The third kappa shape index (κ3) is 5.48. The van der Waals surface area contributed by atoms with Gasteiger partial charge in [0, 0.05) is 0 Å². The lowest BCUT2D eigenvalue weighted by Crippen LogP contribution is -2.39. The first kappa shape index (κ1) is 20.8. The molecule has 0 saturated heterocycles. The number of thiazole rings is 1. The van der Waals surface area contributed by atoms with E-state index in [1.807, 2.05) is 30.3 Å². The summed E-state index contributed by atoms with van der Waals surface area (Å²) in [7, 11) is 0. The smallest absolute Gasteiger partial charge is 0.350 e. The second-order valence-electron chi connectivity index (χ2n) is 5.81. The predicted octanol–water partition coefficient (Wildman–Crippen LogP) is 3.75. The lowest BCUT2D eigenvalue weighted by atomic mass is 10.2. The standard InChI is InChI=1S/C20H24N2O4S/c1-5-12-26-15(4)18(23)22(13-16-10-8-7-9-11-16)20-21-14(3)17(27-20)19(24)25-6-2/h5,7-11,15H,1,6,12-13H2,2-4H3. The van der Waals surface area contributed by atoms with Gasteiger partial charge in [-0.3, -0.25) is 9.69 Å². The van der Waals surface area contributed by atoms with Crippen molar-refractivity contribution >= 4 is 28.3 Å². The van der Waals surface area contributed by atoms with E-state index in [1.54, 1.807) is 31.7 Å². The topological polar surface area (TPSA) is 68.7 Å². The van der Waals surface area contributed by atoms with Crippen molar-refractivity contribution in [3.05, 3.63) is 59.1 Å². The first-order chi connectivity index (χ1) is 13.0. The molecule has 27 heavy (non-hydrogen) atoms. The van der Waals surface area contributed by atoms with Crippen molar-refractivity contribution in [2.75, 3.05) is 18.1 Å². The maximum atomic E-state index is 13.0. The number of carbonyl (C=O) groups is 2. The molecule has 1 aromatic carbocycles. The molecule has 0 aliphatic heterocycles. The van der Waals surface area contributed by atoms with Gasteiger partial charge < -0.3 is 9.47 Å². The van der Waals surface area contributed by atoms with E-state index in [4.69, 9.17) is 9.47 Å². The Bertz CT molecular complexity index is 789. The lowest BCUT2D eigenvalue weighted by Gasteiger charge is -2.23. The number of hydrogen-bond acceptors (Lipinski definition) is 6. The summed E-state index contributed by atoms with van der Waals surface area (Å²) in [5.74, 6) is -0.660. The van der Waals surface area contributed by atoms with Gasteiger partial charge in [0.05, 0.1) is 25.5 Å². The number of aryl methyl sites for hydroxylation is 1. The first-order valence-corrected chi connectivity index (χ1v) is 9.51. The van der Waals surface area contributed by atoms with E-state index in [0.29, 0.717) is 22.2 Å². The molecule has 0 spiro atoms. The van der Waals surface area contributed by atoms with Gasteiger partial charge in [-0.1, -0.05) is 47.7 Å². The molecule has 0 saturated carbocycles. The minimum absolute atomic E-state index is 0.232. The van der Waals surface area contributed by atoms with Crippen LogP contribution in [0.5, 0.6) is 0 Å². The highest BCUT2D eigenvalue weighted by molar-refractivity contribution is 7.17. The monoisotopic (exact) mass is 388 g/mol. The average molecular weight is 388 g/mol. The number of nitrogens with zero attached hydrogens (tertiary/aromatic N) is 2. The quantitative estimate of drug-likeness (QED) is 0.483. The molecule has 0 radical (unpaired) electrons. The number of carbonyl (C=O) groups excluding carboxylic acids is 2. The van der Waals surface area contributed by atoms with E-state index in [1.165, 1.54) is 0 Å². The largest absolute Gasteiger partial charge is 0.462 e. The number of esters is 1. The molecule has 2 rings (SSSR count). The third-order valence-corrected chi connectivity index (χ3v) is 4.90. The van der Waals surface area contributed by atoms with Crippen LogP contribution in [0.25, 0.3) is 0 Å². The van der Waals surface area contributed by atoms with Gasteiger partial charge in [0.25, 0.3) is 5.91 Å². The molecule has 1 aromatic heterocycles. The number of amides is 1. The summed E-state index contributed by atoms with van der Waals surface area (Å²) in [5, 5.41) is 0.443. The highest BCUT2D eigenvalue weighted by atomic mass is 32.1. The average Bonchev–Trinajstić information content (AvgIpc) is 3.06. The van der Waals surface area contributed by atoms with Gasteiger partial charge in [-0.05, 0) is 26.3 Å². The Labute approximate surface area is 163 Å². The van der Waals surface area contributed by atoms with E-state index in [9.17, 15) is 9.59 Å². The number of hydrogen-bond donors (Lipinski definition) is 0. The first-order valence-electron chi connectivity index (χ1n) is 8.70. The maximum Gasteiger partial charge on any atom is 0.350 e. The Morgan fingerprint density at radius 2 is 2.04 bits per heavy atom. The summed E-state index contributed by atoms with van der Waals surface area (Å²) in [6, 6.07) is 9.60. The summed E-state index contributed by atoms with van der Waals surface area (Å²) in [4.78, 5) is 31.5. The molecular formula is C20H24N2O4S. The summed E-state index contributed by atoms with van der Waals surface area (Å²) < 4.78 is 10.6. The molecule has 1 unspecified atom stereocenters. The van der Waals surface area contributed by atoms with Crippen LogP contribution in [0.15, 0.2) is 43.0 Å². The summed E-state index contributed by atoms with van der Waals surface area (Å²) in [6.07, 6.45) is 0.930. The van der Waals surface area contributed by atoms with E-state index >= 15 is 0 Å². The molecule has 1 amide bonds. The van der Waals surface area contributed by atoms with Gasteiger partial charge >= 0.3 is 5.97 Å². The molecule has 6 nitrogen and oxygen atoms in total. The van der Waals surface area contributed by atoms with Crippen LogP contribution in [0.1, 0.15) is 34.8 Å². The molecule has 0 bridgehead atoms. The zero-order chi connectivity index (χ0) is 19.8. The molecule has 0 aliphatic carbocycles. The van der Waals surface area contributed by atoms with Gasteiger partial charge in [-0.15, -0.1) is 6.58 Å². The minimum Gasteiger partial charge on any atom is -0.462 e. The van der Waals surface area contributed by atoms with E-state index < -0.39 is 12.1 Å². The van der Waals surface area contributed by atoms with E-state index in [0.717, 1.165) is 16.9 Å². The van der Waals surface area contributed by atoms with Crippen LogP contribution in [0.2, 0.25) is 0 Å². The Hall–Kier alpha value is -2.51. The van der Waals surface area contributed by atoms with E-state index in [-0.39, 0.29) is 19.1 Å². The maximum absolute atomic E-state index is 13.0. The van der Waals surface area contributed by atoms with Gasteiger partial charge in [0.15, 0.2) is 5.13 Å². The van der Waals surface area contributed by atoms with Crippen LogP contribution in [0.4, 0.5) is 5.13 Å². The van der Waals surface area contributed by atoms with E-state index in [2.05, 4.69) is 11.6 Å². The molecule has 2 aromatic rings. The fourth-order valence-corrected chi connectivity index (χ4v) is 3.36. The molecular weight excluding hydrogens is 364 g/mol. The van der Waals surface area contributed by atoms with Gasteiger partial charge in [-0.2, -0.15) is 0 Å². The number of anilines is 1. The van der Waals surface area contributed by atoms with Gasteiger partial charge in [0.1, 0.15) is 11.0 Å². The van der Waals surface area contributed by atoms with Crippen LogP contribution in [-0.2, 0) is 20.8 Å². The summed E-state index contributed by atoms with van der Waals surface area (Å²) in [6.45, 7) is 9.66. The zero-order valence-electron chi connectivity index (χ0n) is 15.8. The Balaban J connectivity index is 2.34. The summed E-state index contributed by atoms with van der Waals surface area (Å²) >= 11 is 1.15. The minimum atomic E-state index is -0.665. The highest BCUT2D eigenvalue weighted by Crippen LogP contribution is 2.29. The van der Waals surface area contributed by atoms with Gasteiger partial charge in [-0.25, -0.2) is 9.78 Å². The lowest BCUT2D eigenvalue weighted by molar-refractivity contribution is -0.128. The van der Waals surface area contributed by atoms with Crippen molar-refractivity contribution < 1.29 is 19.1 Å².